The van der Waals surface area contributed by atoms with Gasteiger partial charge in [0, 0.05) is 0 Å². The van der Waals surface area contributed by atoms with E-state index in [2.05, 4.69) is 32.0 Å². The molecule has 0 N–H and O–H groups in total. The van der Waals surface area contributed by atoms with Crippen molar-refractivity contribution in [3.05, 3.63) is 29.3 Å². The van der Waals surface area contributed by atoms with Crippen LogP contribution in [0.3, 0.4) is 0 Å². The van der Waals surface area contributed by atoms with E-state index in [1.54, 1.807) is 0 Å². The van der Waals surface area contributed by atoms with Gasteiger partial charge in [0.2, 0.25) is 0 Å². The number of rotatable bonds is 5. The molecule has 0 unspecified atom stereocenters. The summed E-state index contributed by atoms with van der Waals surface area (Å²) in [6.07, 6.45) is 3.38. The van der Waals surface area contributed by atoms with E-state index in [9.17, 15) is 0 Å². The molecule has 0 bridgehead atoms. The van der Waals surface area contributed by atoms with Crippen molar-refractivity contribution in [2.75, 3.05) is 6.61 Å². The first kappa shape index (κ1) is 11.1. The SMILES string of the molecule is CCCc1ccc(CC)c(OCC)c1. The van der Waals surface area contributed by atoms with Gasteiger partial charge in [-0.2, -0.15) is 0 Å². The summed E-state index contributed by atoms with van der Waals surface area (Å²) < 4.78 is 5.61. The van der Waals surface area contributed by atoms with Crippen LogP contribution in [0, 0.1) is 0 Å². The summed E-state index contributed by atoms with van der Waals surface area (Å²) in [6, 6.07) is 6.59. The Kier molecular flexibility index (Phi) is 4.51. The van der Waals surface area contributed by atoms with E-state index in [1.165, 1.54) is 17.5 Å². The molecule has 0 spiro atoms. The summed E-state index contributed by atoms with van der Waals surface area (Å²) in [7, 11) is 0. The fraction of sp³-hybridized carbons (Fsp3) is 0.538. The lowest BCUT2D eigenvalue weighted by Crippen LogP contribution is -1.97. The van der Waals surface area contributed by atoms with Crippen LogP contribution in [0.4, 0.5) is 0 Å². The van der Waals surface area contributed by atoms with Crippen LogP contribution in [0.25, 0.3) is 0 Å². The third-order valence-corrected chi connectivity index (χ3v) is 2.35. The maximum atomic E-state index is 5.61. The first-order chi connectivity index (χ1) is 6.81. The Bertz CT molecular complexity index is 279. The topological polar surface area (TPSA) is 9.23 Å². The standard InChI is InChI=1S/C13H20O/c1-4-7-11-8-9-12(5-2)13(10-11)14-6-3/h8-10H,4-7H2,1-3H3. The molecular formula is C13H20O. The lowest BCUT2D eigenvalue weighted by Gasteiger charge is -2.10. The van der Waals surface area contributed by atoms with Gasteiger partial charge in [-0.15, -0.1) is 0 Å². The molecule has 0 amide bonds. The Labute approximate surface area is 87.1 Å². The second kappa shape index (κ2) is 5.69. The van der Waals surface area contributed by atoms with Crippen molar-refractivity contribution in [1.29, 1.82) is 0 Å². The van der Waals surface area contributed by atoms with E-state index in [-0.39, 0.29) is 0 Å². The van der Waals surface area contributed by atoms with Crippen molar-refractivity contribution in [3.8, 4) is 5.75 Å². The molecule has 1 aromatic rings. The van der Waals surface area contributed by atoms with Gasteiger partial charge in [-0.25, -0.2) is 0 Å². The van der Waals surface area contributed by atoms with Crippen LogP contribution >= 0.6 is 0 Å². The molecule has 0 aliphatic rings. The van der Waals surface area contributed by atoms with Crippen LogP contribution in [-0.4, -0.2) is 6.61 Å². The molecule has 1 aromatic carbocycles. The summed E-state index contributed by atoms with van der Waals surface area (Å²) in [4.78, 5) is 0. The Hall–Kier alpha value is -0.980. The largest absolute Gasteiger partial charge is 0.494 e. The molecule has 0 aliphatic carbocycles. The molecule has 1 rings (SSSR count). The van der Waals surface area contributed by atoms with Gasteiger partial charge in [0.05, 0.1) is 6.61 Å². The molecule has 0 radical (unpaired) electrons. The van der Waals surface area contributed by atoms with Crippen LogP contribution in [0.5, 0.6) is 5.75 Å². The number of aryl methyl sites for hydroxylation is 2. The second-order valence-corrected chi connectivity index (χ2v) is 3.48. The fourth-order valence-electron chi connectivity index (χ4n) is 1.63. The Morgan fingerprint density at radius 2 is 1.93 bits per heavy atom. The molecular weight excluding hydrogens is 172 g/mol. The lowest BCUT2D eigenvalue weighted by atomic mass is 10.1. The van der Waals surface area contributed by atoms with E-state index >= 15 is 0 Å². The average Bonchev–Trinajstić information content (AvgIpc) is 2.19. The van der Waals surface area contributed by atoms with Gasteiger partial charge in [-0.3, -0.25) is 0 Å². The van der Waals surface area contributed by atoms with Crippen molar-refractivity contribution < 1.29 is 4.74 Å². The summed E-state index contributed by atoms with van der Waals surface area (Å²) >= 11 is 0. The molecule has 14 heavy (non-hydrogen) atoms. The number of ether oxygens (including phenoxy) is 1. The predicted octanol–water partition coefficient (Wildman–Crippen LogP) is 3.60. The summed E-state index contributed by atoms with van der Waals surface area (Å²) in [5, 5.41) is 0. The number of benzene rings is 1. The number of hydrogen-bond acceptors (Lipinski definition) is 1. The lowest BCUT2D eigenvalue weighted by molar-refractivity contribution is 0.336. The highest BCUT2D eigenvalue weighted by atomic mass is 16.5. The van der Waals surface area contributed by atoms with Crippen LogP contribution in [-0.2, 0) is 12.8 Å². The van der Waals surface area contributed by atoms with E-state index in [1.807, 2.05) is 6.92 Å². The predicted molar refractivity (Wildman–Crippen MR) is 61.0 cm³/mol. The monoisotopic (exact) mass is 192 g/mol. The fourth-order valence-corrected chi connectivity index (χ4v) is 1.63. The maximum absolute atomic E-state index is 5.61. The summed E-state index contributed by atoms with van der Waals surface area (Å²) in [6.45, 7) is 7.15. The molecule has 1 nitrogen and oxygen atoms in total. The minimum absolute atomic E-state index is 0.753. The first-order valence-electron chi connectivity index (χ1n) is 5.56. The smallest absolute Gasteiger partial charge is 0.122 e. The Balaban J connectivity index is 2.88. The van der Waals surface area contributed by atoms with Crippen LogP contribution in [0.15, 0.2) is 18.2 Å². The van der Waals surface area contributed by atoms with Crippen molar-refractivity contribution in [1.82, 2.24) is 0 Å². The zero-order valence-electron chi connectivity index (χ0n) is 9.47. The van der Waals surface area contributed by atoms with Gasteiger partial charge < -0.3 is 4.74 Å². The quantitative estimate of drug-likeness (QED) is 0.692. The molecule has 1 heteroatoms. The molecule has 0 aromatic heterocycles. The minimum atomic E-state index is 0.753. The molecule has 0 atom stereocenters. The third kappa shape index (κ3) is 2.76. The van der Waals surface area contributed by atoms with E-state index < -0.39 is 0 Å². The van der Waals surface area contributed by atoms with Crippen molar-refractivity contribution in [2.24, 2.45) is 0 Å². The van der Waals surface area contributed by atoms with Crippen LogP contribution in [0.2, 0.25) is 0 Å². The maximum Gasteiger partial charge on any atom is 0.122 e. The minimum Gasteiger partial charge on any atom is -0.494 e. The van der Waals surface area contributed by atoms with Gasteiger partial charge in [-0.1, -0.05) is 32.4 Å². The van der Waals surface area contributed by atoms with E-state index in [0.29, 0.717) is 0 Å². The third-order valence-electron chi connectivity index (χ3n) is 2.35. The van der Waals surface area contributed by atoms with Crippen LogP contribution < -0.4 is 4.74 Å². The normalized spacial score (nSPS) is 10.2. The summed E-state index contributed by atoms with van der Waals surface area (Å²) in [5.41, 5.74) is 2.69. The van der Waals surface area contributed by atoms with Gasteiger partial charge >= 0.3 is 0 Å². The average molecular weight is 192 g/mol. The van der Waals surface area contributed by atoms with Gasteiger partial charge in [-0.05, 0) is 37.0 Å². The molecule has 0 heterocycles. The Morgan fingerprint density at radius 1 is 1.14 bits per heavy atom. The van der Waals surface area contributed by atoms with Crippen LogP contribution in [0.1, 0.15) is 38.3 Å². The van der Waals surface area contributed by atoms with E-state index in [4.69, 9.17) is 4.74 Å². The first-order valence-corrected chi connectivity index (χ1v) is 5.56. The zero-order chi connectivity index (χ0) is 10.4. The molecule has 0 fully saturated rings. The molecule has 0 saturated heterocycles. The highest BCUT2D eigenvalue weighted by Crippen LogP contribution is 2.21. The van der Waals surface area contributed by atoms with Crippen molar-refractivity contribution in [3.63, 3.8) is 0 Å². The summed E-state index contributed by atoms with van der Waals surface area (Å²) in [5.74, 6) is 1.07. The molecule has 78 valence electrons. The van der Waals surface area contributed by atoms with Crippen molar-refractivity contribution in [2.45, 2.75) is 40.0 Å². The second-order valence-electron chi connectivity index (χ2n) is 3.48. The Morgan fingerprint density at radius 3 is 2.50 bits per heavy atom. The zero-order valence-corrected chi connectivity index (χ0v) is 9.47. The highest BCUT2D eigenvalue weighted by molar-refractivity contribution is 5.37. The van der Waals surface area contributed by atoms with Crippen molar-refractivity contribution >= 4 is 0 Å². The van der Waals surface area contributed by atoms with Gasteiger partial charge in [0.15, 0.2) is 0 Å². The highest BCUT2D eigenvalue weighted by Gasteiger charge is 2.02. The molecule has 0 saturated carbocycles. The van der Waals surface area contributed by atoms with E-state index in [0.717, 1.165) is 25.2 Å². The van der Waals surface area contributed by atoms with Gasteiger partial charge in [0.1, 0.15) is 5.75 Å². The molecule has 0 aliphatic heterocycles. The number of hydrogen-bond donors (Lipinski definition) is 0. The van der Waals surface area contributed by atoms with Gasteiger partial charge in [0.25, 0.3) is 0 Å².